The summed E-state index contributed by atoms with van der Waals surface area (Å²) in [6.07, 6.45) is 13.3. The number of pyridine rings is 1. The zero-order valence-electron chi connectivity index (χ0n) is 16.5. The van der Waals surface area contributed by atoms with E-state index in [0.29, 0.717) is 0 Å². The van der Waals surface area contributed by atoms with Crippen molar-refractivity contribution in [2.45, 2.75) is 83.6 Å². The van der Waals surface area contributed by atoms with Crippen molar-refractivity contribution >= 4 is 10.1 Å². The van der Waals surface area contributed by atoms with E-state index in [0.717, 1.165) is 0 Å². The van der Waals surface area contributed by atoms with Gasteiger partial charge in [-0.05, 0) is 18.9 Å². The molecule has 0 amide bonds. The van der Waals surface area contributed by atoms with Crippen LogP contribution >= 0.6 is 0 Å². The molecular formula is C19H32F3NO3S. The zero-order valence-corrected chi connectivity index (χ0v) is 17.3. The summed E-state index contributed by atoms with van der Waals surface area (Å²) in [5.74, 6) is 0. The lowest BCUT2D eigenvalue weighted by Crippen LogP contribution is -2.38. The summed E-state index contributed by atoms with van der Waals surface area (Å²) in [5, 5.41) is 0. The van der Waals surface area contributed by atoms with Gasteiger partial charge < -0.3 is 4.55 Å². The third-order valence-corrected chi connectivity index (χ3v) is 4.86. The second-order valence-electron chi connectivity index (χ2n) is 6.59. The molecular weight excluding hydrogens is 379 g/mol. The van der Waals surface area contributed by atoms with Gasteiger partial charge in [-0.15, -0.1) is 0 Å². The molecule has 0 aliphatic rings. The number of hydrogen-bond donors (Lipinski definition) is 0. The van der Waals surface area contributed by atoms with Crippen LogP contribution in [-0.4, -0.2) is 18.5 Å². The Morgan fingerprint density at radius 1 is 0.889 bits per heavy atom. The monoisotopic (exact) mass is 411 g/mol. The number of rotatable bonds is 10. The Labute approximate surface area is 161 Å². The maximum Gasteiger partial charge on any atom is 0.485 e. The molecule has 1 heterocycles. The molecule has 27 heavy (non-hydrogen) atoms. The van der Waals surface area contributed by atoms with Crippen LogP contribution in [0.2, 0.25) is 0 Å². The van der Waals surface area contributed by atoms with Crippen molar-refractivity contribution < 1.29 is 30.7 Å². The number of aromatic nitrogens is 1. The largest absolute Gasteiger partial charge is 0.741 e. The molecule has 8 heteroatoms. The molecule has 0 unspecified atom stereocenters. The zero-order chi connectivity index (χ0) is 20.9. The minimum atomic E-state index is -6.09. The molecule has 0 bridgehead atoms. The van der Waals surface area contributed by atoms with Gasteiger partial charge >= 0.3 is 5.51 Å². The normalized spacial score (nSPS) is 11.8. The van der Waals surface area contributed by atoms with Gasteiger partial charge in [0.1, 0.15) is 7.05 Å². The van der Waals surface area contributed by atoms with Gasteiger partial charge in [-0.1, -0.05) is 52.4 Å². The van der Waals surface area contributed by atoms with E-state index in [1.807, 2.05) is 0 Å². The molecule has 0 aromatic carbocycles. The fourth-order valence-electron chi connectivity index (χ4n) is 2.65. The third-order valence-electron chi connectivity index (χ3n) is 4.30. The van der Waals surface area contributed by atoms with Crippen LogP contribution < -0.4 is 4.57 Å². The first kappa shape index (κ1) is 25.9. The fraction of sp³-hybridized carbons (Fsp3) is 0.737. The maximum absolute atomic E-state index is 10.7. The molecule has 1 aromatic heterocycles. The highest BCUT2D eigenvalue weighted by atomic mass is 32.2. The van der Waals surface area contributed by atoms with Crippen molar-refractivity contribution in [2.75, 3.05) is 0 Å². The molecule has 0 N–H and O–H groups in total. The highest BCUT2D eigenvalue weighted by Crippen LogP contribution is 2.20. The van der Waals surface area contributed by atoms with Gasteiger partial charge in [0.15, 0.2) is 21.5 Å². The summed E-state index contributed by atoms with van der Waals surface area (Å²) in [7, 11) is -3.85. The number of nitrogens with zero attached hydrogens (tertiary/aromatic N) is 1. The van der Waals surface area contributed by atoms with Gasteiger partial charge in [0, 0.05) is 25.0 Å². The Balaban J connectivity index is 0.000000713. The SMILES string of the molecule is CCCCCCc1cccc(CCCCCC)[n+]1C.O=S(=O)([O-])C(F)(F)F. The Kier molecular flexibility index (Phi) is 12.5. The number of unbranched alkanes of at least 4 members (excludes halogenated alkanes) is 6. The van der Waals surface area contributed by atoms with Crippen molar-refractivity contribution in [3.05, 3.63) is 29.6 Å². The van der Waals surface area contributed by atoms with Gasteiger partial charge in [0.2, 0.25) is 0 Å². The van der Waals surface area contributed by atoms with E-state index in [1.54, 1.807) is 0 Å². The highest BCUT2D eigenvalue weighted by Gasteiger charge is 2.36. The molecule has 0 aliphatic carbocycles. The van der Waals surface area contributed by atoms with Gasteiger partial charge in [-0.25, -0.2) is 13.0 Å². The molecule has 0 spiro atoms. The lowest BCUT2D eigenvalue weighted by atomic mass is 10.1. The van der Waals surface area contributed by atoms with E-state index in [-0.39, 0.29) is 0 Å². The van der Waals surface area contributed by atoms with Gasteiger partial charge in [-0.3, -0.25) is 0 Å². The minimum absolute atomic E-state index is 1.24. The molecule has 0 saturated carbocycles. The van der Waals surface area contributed by atoms with E-state index in [1.165, 1.54) is 75.6 Å². The van der Waals surface area contributed by atoms with Crippen LogP contribution in [-0.2, 0) is 30.0 Å². The lowest BCUT2D eigenvalue weighted by molar-refractivity contribution is -0.686. The smallest absolute Gasteiger partial charge is 0.485 e. The molecule has 0 saturated heterocycles. The number of aryl methyl sites for hydroxylation is 2. The predicted octanol–water partition coefficient (Wildman–Crippen LogP) is 4.81. The Morgan fingerprint density at radius 3 is 1.56 bits per heavy atom. The van der Waals surface area contributed by atoms with Crippen molar-refractivity contribution in [3.8, 4) is 0 Å². The van der Waals surface area contributed by atoms with E-state index in [2.05, 4.69) is 43.7 Å². The molecule has 0 radical (unpaired) electrons. The lowest BCUT2D eigenvalue weighted by Gasteiger charge is -2.08. The van der Waals surface area contributed by atoms with E-state index >= 15 is 0 Å². The summed E-state index contributed by atoms with van der Waals surface area (Å²) in [6, 6.07) is 6.83. The first-order chi connectivity index (χ1) is 12.5. The second kappa shape index (κ2) is 13.1. The van der Waals surface area contributed by atoms with Crippen LogP contribution in [0.1, 0.15) is 76.6 Å². The molecule has 4 nitrogen and oxygen atoms in total. The first-order valence-corrected chi connectivity index (χ1v) is 10.9. The summed E-state index contributed by atoms with van der Waals surface area (Å²) in [4.78, 5) is 0. The Hall–Kier alpha value is -1.15. The van der Waals surface area contributed by atoms with Crippen molar-refractivity contribution in [1.29, 1.82) is 0 Å². The molecule has 0 atom stereocenters. The third kappa shape index (κ3) is 11.3. The molecule has 0 fully saturated rings. The number of halogens is 3. The topological polar surface area (TPSA) is 61.1 Å². The Morgan fingerprint density at radius 2 is 1.26 bits per heavy atom. The minimum Gasteiger partial charge on any atom is -0.741 e. The van der Waals surface area contributed by atoms with Crippen LogP contribution in [0.3, 0.4) is 0 Å². The van der Waals surface area contributed by atoms with Crippen molar-refractivity contribution in [2.24, 2.45) is 7.05 Å². The maximum atomic E-state index is 10.7. The van der Waals surface area contributed by atoms with Gasteiger partial charge in [-0.2, -0.15) is 13.2 Å². The predicted molar refractivity (Wildman–Crippen MR) is 99.1 cm³/mol. The van der Waals surface area contributed by atoms with Crippen LogP contribution in [0, 0.1) is 0 Å². The van der Waals surface area contributed by atoms with Crippen molar-refractivity contribution in [1.82, 2.24) is 0 Å². The number of hydrogen-bond acceptors (Lipinski definition) is 3. The van der Waals surface area contributed by atoms with Crippen LogP contribution in [0.15, 0.2) is 18.2 Å². The van der Waals surface area contributed by atoms with E-state index in [4.69, 9.17) is 13.0 Å². The fourth-order valence-corrected chi connectivity index (χ4v) is 2.65. The standard InChI is InChI=1S/C18H32N.CHF3O3S/c1-4-6-8-10-13-17-15-12-16-18(19(17)3)14-11-9-7-5-2;2-1(3,4)8(5,6)7/h12,15-16H,4-11,13-14H2,1-3H3;(H,5,6,7)/q+1;/p-1. The summed E-state index contributed by atoms with van der Waals surface area (Å²) in [6.45, 7) is 4.55. The quantitative estimate of drug-likeness (QED) is 0.240. The second-order valence-corrected chi connectivity index (χ2v) is 7.96. The van der Waals surface area contributed by atoms with Gasteiger partial charge in [0.25, 0.3) is 0 Å². The number of alkyl halides is 3. The van der Waals surface area contributed by atoms with Gasteiger partial charge in [0.05, 0.1) is 0 Å². The summed E-state index contributed by atoms with van der Waals surface area (Å²) in [5.41, 5.74) is -2.64. The van der Waals surface area contributed by atoms with Crippen molar-refractivity contribution in [3.63, 3.8) is 0 Å². The summed E-state index contributed by atoms with van der Waals surface area (Å²) >= 11 is 0. The first-order valence-electron chi connectivity index (χ1n) is 9.53. The Bertz CT molecular complexity index is 601. The highest BCUT2D eigenvalue weighted by molar-refractivity contribution is 7.86. The average Bonchev–Trinajstić information content (AvgIpc) is 2.57. The van der Waals surface area contributed by atoms with Crippen LogP contribution in [0.4, 0.5) is 13.2 Å². The van der Waals surface area contributed by atoms with E-state index in [9.17, 15) is 13.2 Å². The molecule has 158 valence electrons. The molecule has 0 aliphatic heterocycles. The molecule has 1 aromatic rings. The average molecular weight is 412 g/mol. The van der Waals surface area contributed by atoms with Crippen LogP contribution in [0.25, 0.3) is 0 Å². The van der Waals surface area contributed by atoms with Crippen LogP contribution in [0.5, 0.6) is 0 Å². The molecule has 1 rings (SSSR count). The van der Waals surface area contributed by atoms with E-state index < -0.39 is 15.6 Å². The summed E-state index contributed by atoms with van der Waals surface area (Å²) < 4.78 is 61.3.